The molecule has 1 heterocycles. The molecule has 74 valence electrons. The van der Waals surface area contributed by atoms with E-state index in [1.165, 1.54) is 5.69 Å². The average molecular weight is 201 g/mol. The second-order valence-electron chi connectivity index (χ2n) is 3.71. The Hall–Kier alpha value is -0.500. The SMILES string of the molecule is CC(Cl)CCc1cncn1C(C)C. The van der Waals surface area contributed by atoms with Crippen molar-refractivity contribution in [3.8, 4) is 0 Å². The molecular formula is C10H17ClN2. The van der Waals surface area contributed by atoms with Crippen LogP contribution in [-0.2, 0) is 6.42 Å². The van der Waals surface area contributed by atoms with Crippen molar-refractivity contribution in [1.82, 2.24) is 9.55 Å². The van der Waals surface area contributed by atoms with E-state index < -0.39 is 0 Å². The number of imidazole rings is 1. The molecule has 0 N–H and O–H groups in total. The van der Waals surface area contributed by atoms with Crippen LogP contribution < -0.4 is 0 Å². The van der Waals surface area contributed by atoms with Crippen LogP contribution in [0.1, 0.15) is 38.9 Å². The monoisotopic (exact) mass is 200 g/mol. The van der Waals surface area contributed by atoms with Gasteiger partial charge in [0.1, 0.15) is 0 Å². The number of rotatable bonds is 4. The minimum Gasteiger partial charge on any atom is -0.332 e. The third-order valence-corrected chi connectivity index (χ3v) is 2.32. The van der Waals surface area contributed by atoms with Crippen molar-refractivity contribution in [3.63, 3.8) is 0 Å². The van der Waals surface area contributed by atoms with Crippen molar-refractivity contribution < 1.29 is 0 Å². The highest BCUT2D eigenvalue weighted by atomic mass is 35.5. The van der Waals surface area contributed by atoms with E-state index in [0.29, 0.717) is 6.04 Å². The van der Waals surface area contributed by atoms with Crippen LogP contribution in [0.5, 0.6) is 0 Å². The van der Waals surface area contributed by atoms with E-state index in [0.717, 1.165) is 12.8 Å². The molecule has 1 aromatic rings. The molecule has 2 nitrogen and oxygen atoms in total. The maximum absolute atomic E-state index is 5.90. The summed E-state index contributed by atoms with van der Waals surface area (Å²) in [5, 5.41) is 0.246. The predicted octanol–water partition coefficient (Wildman–Crippen LogP) is 3.02. The summed E-state index contributed by atoms with van der Waals surface area (Å²) in [5.41, 5.74) is 1.28. The number of aryl methyl sites for hydroxylation is 1. The Balaban J connectivity index is 2.60. The summed E-state index contributed by atoms with van der Waals surface area (Å²) in [7, 11) is 0. The van der Waals surface area contributed by atoms with E-state index in [-0.39, 0.29) is 5.38 Å². The standard InChI is InChI=1S/C10H17ClN2/c1-8(2)13-7-12-6-10(13)5-4-9(3)11/h6-9H,4-5H2,1-3H3. The summed E-state index contributed by atoms with van der Waals surface area (Å²) in [4.78, 5) is 4.14. The molecule has 0 radical (unpaired) electrons. The molecule has 0 aliphatic rings. The summed E-state index contributed by atoms with van der Waals surface area (Å²) in [6.07, 6.45) is 5.85. The van der Waals surface area contributed by atoms with Gasteiger partial charge in [-0.2, -0.15) is 0 Å². The molecule has 1 aromatic heterocycles. The van der Waals surface area contributed by atoms with E-state index in [1.54, 1.807) is 0 Å². The van der Waals surface area contributed by atoms with E-state index in [2.05, 4.69) is 23.4 Å². The van der Waals surface area contributed by atoms with Crippen LogP contribution >= 0.6 is 11.6 Å². The zero-order chi connectivity index (χ0) is 9.84. The zero-order valence-electron chi connectivity index (χ0n) is 8.50. The number of hydrogen-bond acceptors (Lipinski definition) is 1. The van der Waals surface area contributed by atoms with Gasteiger partial charge in [0.15, 0.2) is 0 Å². The van der Waals surface area contributed by atoms with Crippen molar-refractivity contribution in [2.45, 2.75) is 45.0 Å². The lowest BCUT2D eigenvalue weighted by Gasteiger charge is -2.11. The highest BCUT2D eigenvalue weighted by Crippen LogP contribution is 2.12. The summed E-state index contributed by atoms with van der Waals surface area (Å²) in [5.74, 6) is 0. The Kier molecular flexibility index (Phi) is 3.79. The summed E-state index contributed by atoms with van der Waals surface area (Å²) in [6, 6.07) is 0.489. The maximum Gasteiger partial charge on any atom is 0.0950 e. The molecule has 0 fully saturated rings. The van der Waals surface area contributed by atoms with Gasteiger partial charge in [-0.15, -0.1) is 11.6 Å². The number of nitrogens with zero attached hydrogens (tertiary/aromatic N) is 2. The number of aromatic nitrogens is 2. The molecule has 0 saturated carbocycles. The van der Waals surface area contributed by atoms with E-state index in [9.17, 15) is 0 Å². The van der Waals surface area contributed by atoms with Gasteiger partial charge in [0, 0.05) is 23.3 Å². The Morgan fingerprint density at radius 1 is 1.46 bits per heavy atom. The van der Waals surface area contributed by atoms with Crippen molar-refractivity contribution >= 4 is 11.6 Å². The molecule has 1 rings (SSSR count). The van der Waals surface area contributed by atoms with Crippen LogP contribution in [0.3, 0.4) is 0 Å². The van der Waals surface area contributed by atoms with Crippen molar-refractivity contribution in [3.05, 3.63) is 18.2 Å². The van der Waals surface area contributed by atoms with Crippen molar-refractivity contribution in [1.29, 1.82) is 0 Å². The first-order chi connectivity index (χ1) is 6.11. The van der Waals surface area contributed by atoms with Gasteiger partial charge in [0.05, 0.1) is 6.33 Å². The average Bonchev–Trinajstić information content (AvgIpc) is 2.47. The van der Waals surface area contributed by atoms with Crippen molar-refractivity contribution in [2.75, 3.05) is 0 Å². The number of alkyl halides is 1. The van der Waals surface area contributed by atoms with Crippen LogP contribution in [0.2, 0.25) is 0 Å². The maximum atomic E-state index is 5.90. The molecule has 0 saturated heterocycles. The van der Waals surface area contributed by atoms with Crippen LogP contribution in [0.25, 0.3) is 0 Å². The molecule has 0 spiro atoms. The third-order valence-electron chi connectivity index (χ3n) is 2.10. The summed E-state index contributed by atoms with van der Waals surface area (Å²) < 4.78 is 2.19. The number of halogens is 1. The Morgan fingerprint density at radius 2 is 2.15 bits per heavy atom. The van der Waals surface area contributed by atoms with Gasteiger partial charge in [-0.1, -0.05) is 0 Å². The predicted molar refractivity (Wildman–Crippen MR) is 56.2 cm³/mol. The van der Waals surface area contributed by atoms with Gasteiger partial charge < -0.3 is 4.57 Å². The quantitative estimate of drug-likeness (QED) is 0.684. The van der Waals surface area contributed by atoms with Crippen LogP contribution in [0, 0.1) is 0 Å². The second kappa shape index (κ2) is 4.66. The largest absolute Gasteiger partial charge is 0.332 e. The molecule has 0 aromatic carbocycles. The third kappa shape index (κ3) is 3.03. The van der Waals surface area contributed by atoms with Gasteiger partial charge >= 0.3 is 0 Å². The van der Waals surface area contributed by atoms with E-state index in [1.807, 2.05) is 19.4 Å². The Morgan fingerprint density at radius 3 is 2.69 bits per heavy atom. The van der Waals surface area contributed by atoms with Gasteiger partial charge in [-0.25, -0.2) is 4.98 Å². The lowest BCUT2D eigenvalue weighted by Crippen LogP contribution is -2.05. The molecule has 0 aliphatic carbocycles. The Labute approximate surface area is 84.9 Å². The van der Waals surface area contributed by atoms with Gasteiger partial charge in [0.2, 0.25) is 0 Å². The molecule has 1 atom stereocenters. The van der Waals surface area contributed by atoms with Gasteiger partial charge in [-0.3, -0.25) is 0 Å². The molecule has 3 heteroatoms. The van der Waals surface area contributed by atoms with Crippen LogP contribution in [0.4, 0.5) is 0 Å². The fourth-order valence-electron chi connectivity index (χ4n) is 1.34. The van der Waals surface area contributed by atoms with Gasteiger partial charge in [-0.05, 0) is 33.6 Å². The van der Waals surface area contributed by atoms with Crippen molar-refractivity contribution in [2.24, 2.45) is 0 Å². The lowest BCUT2D eigenvalue weighted by molar-refractivity contribution is 0.566. The van der Waals surface area contributed by atoms with Gasteiger partial charge in [0.25, 0.3) is 0 Å². The smallest absolute Gasteiger partial charge is 0.0950 e. The molecule has 0 bridgehead atoms. The first-order valence-corrected chi connectivity index (χ1v) is 5.19. The fourth-order valence-corrected chi connectivity index (χ4v) is 1.45. The molecular weight excluding hydrogens is 184 g/mol. The first kappa shape index (κ1) is 10.6. The lowest BCUT2D eigenvalue weighted by atomic mass is 10.2. The zero-order valence-corrected chi connectivity index (χ0v) is 9.25. The first-order valence-electron chi connectivity index (χ1n) is 4.76. The van der Waals surface area contributed by atoms with E-state index >= 15 is 0 Å². The summed E-state index contributed by atoms with van der Waals surface area (Å²) >= 11 is 5.90. The normalized spacial score (nSPS) is 13.6. The molecule has 1 unspecified atom stereocenters. The molecule has 0 amide bonds. The fraction of sp³-hybridized carbons (Fsp3) is 0.700. The van der Waals surface area contributed by atoms with Crippen LogP contribution in [-0.4, -0.2) is 14.9 Å². The Bertz CT molecular complexity index is 253. The molecule has 13 heavy (non-hydrogen) atoms. The topological polar surface area (TPSA) is 17.8 Å². The highest BCUT2D eigenvalue weighted by Gasteiger charge is 2.06. The summed E-state index contributed by atoms with van der Waals surface area (Å²) in [6.45, 7) is 6.35. The number of hydrogen-bond donors (Lipinski definition) is 0. The van der Waals surface area contributed by atoms with Crippen LogP contribution in [0.15, 0.2) is 12.5 Å². The molecule has 0 aliphatic heterocycles. The second-order valence-corrected chi connectivity index (χ2v) is 4.45. The van der Waals surface area contributed by atoms with E-state index in [4.69, 9.17) is 11.6 Å². The highest BCUT2D eigenvalue weighted by molar-refractivity contribution is 6.20. The minimum absolute atomic E-state index is 0.246. The minimum atomic E-state index is 0.246.